The summed E-state index contributed by atoms with van der Waals surface area (Å²) in [6.07, 6.45) is 2.20. The number of thioether (sulfide) groups is 1. The summed E-state index contributed by atoms with van der Waals surface area (Å²) in [5, 5.41) is 12.3. The number of carbonyl (C=O) groups is 2. The van der Waals surface area contributed by atoms with Crippen LogP contribution in [-0.4, -0.2) is 41.6 Å². The number of ether oxygens (including phenoxy) is 1. The summed E-state index contributed by atoms with van der Waals surface area (Å²) in [4.78, 5) is 34.9. The quantitative estimate of drug-likeness (QED) is 0.677. The Hall–Kier alpha value is -2.48. The molecule has 140 valence electrons. The first-order valence-corrected chi connectivity index (χ1v) is 9.40. The van der Waals surface area contributed by atoms with E-state index in [9.17, 15) is 14.4 Å². The summed E-state index contributed by atoms with van der Waals surface area (Å²) in [5.41, 5.74) is 1.34. The first kappa shape index (κ1) is 19.8. The van der Waals surface area contributed by atoms with Crippen molar-refractivity contribution in [2.45, 2.75) is 26.3 Å². The van der Waals surface area contributed by atoms with Crippen molar-refractivity contribution in [2.75, 3.05) is 18.6 Å². The van der Waals surface area contributed by atoms with E-state index in [0.717, 1.165) is 10.9 Å². The number of aryl methyl sites for hydroxylation is 1. The first-order chi connectivity index (χ1) is 12.3. The van der Waals surface area contributed by atoms with Crippen molar-refractivity contribution in [3.63, 3.8) is 0 Å². The molecule has 1 amide bonds. The Morgan fingerprint density at radius 2 is 2.04 bits per heavy atom. The van der Waals surface area contributed by atoms with Crippen molar-refractivity contribution < 1.29 is 23.8 Å². The molecule has 2 rings (SSSR count). The van der Waals surface area contributed by atoms with Crippen LogP contribution in [0.3, 0.4) is 0 Å². The second-order valence-corrected chi connectivity index (χ2v) is 6.81. The lowest BCUT2D eigenvalue weighted by Crippen LogP contribution is -2.43. The third-order valence-electron chi connectivity index (χ3n) is 4.04. The van der Waals surface area contributed by atoms with Gasteiger partial charge in [-0.2, -0.15) is 11.8 Å². The minimum atomic E-state index is -1.08. The number of fused-ring (bicyclic) bond motifs is 1. The Balaban J connectivity index is 2.04. The molecule has 0 spiro atoms. The van der Waals surface area contributed by atoms with E-state index in [-0.39, 0.29) is 6.61 Å². The van der Waals surface area contributed by atoms with Crippen LogP contribution in [0.15, 0.2) is 27.4 Å². The molecule has 0 aliphatic heterocycles. The van der Waals surface area contributed by atoms with E-state index in [2.05, 4.69) is 5.32 Å². The molecule has 1 aromatic heterocycles. The Morgan fingerprint density at radius 3 is 2.69 bits per heavy atom. The SMILES string of the molecule is CSCCC(NC(=O)COc1ccc2c(C)c(C)c(=O)oc2c1)C(=O)O. The van der Waals surface area contributed by atoms with E-state index >= 15 is 0 Å². The predicted octanol–water partition coefficient (Wildman–Crippen LogP) is 2.11. The van der Waals surface area contributed by atoms with Crippen molar-refractivity contribution in [1.82, 2.24) is 5.32 Å². The zero-order chi connectivity index (χ0) is 19.3. The fraction of sp³-hybridized carbons (Fsp3) is 0.389. The summed E-state index contributed by atoms with van der Waals surface area (Å²) in [6.45, 7) is 3.21. The van der Waals surface area contributed by atoms with Gasteiger partial charge in [-0.25, -0.2) is 9.59 Å². The number of carboxylic acid groups (broad SMARTS) is 1. The van der Waals surface area contributed by atoms with E-state index < -0.39 is 23.5 Å². The minimum absolute atomic E-state index is 0.330. The highest BCUT2D eigenvalue weighted by molar-refractivity contribution is 7.98. The van der Waals surface area contributed by atoms with Gasteiger partial charge in [0.05, 0.1) is 0 Å². The van der Waals surface area contributed by atoms with Gasteiger partial charge < -0.3 is 19.6 Å². The third kappa shape index (κ3) is 4.78. The number of rotatable bonds is 8. The number of carboxylic acids is 1. The molecule has 1 atom stereocenters. The van der Waals surface area contributed by atoms with Crippen LogP contribution in [0.5, 0.6) is 5.75 Å². The van der Waals surface area contributed by atoms with Gasteiger partial charge in [0.25, 0.3) is 5.91 Å². The number of aliphatic carboxylic acids is 1. The number of amides is 1. The smallest absolute Gasteiger partial charge is 0.339 e. The predicted molar refractivity (Wildman–Crippen MR) is 100 cm³/mol. The zero-order valence-electron chi connectivity index (χ0n) is 14.8. The summed E-state index contributed by atoms with van der Waals surface area (Å²) in [5.74, 6) is -0.624. The van der Waals surface area contributed by atoms with Crippen LogP contribution in [0, 0.1) is 13.8 Å². The first-order valence-electron chi connectivity index (χ1n) is 8.01. The third-order valence-corrected chi connectivity index (χ3v) is 4.69. The molecule has 26 heavy (non-hydrogen) atoms. The number of benzene rings is 1. The Labute approximate surface area is 154 Å². The molecule has 8 heteroatoms. The van der Waals surface area contributed by atoms with Crippen LogP contribution in [0.1, 0.15) is 17.5 Å². The molecule has 0 aliphatic rings. The fourth-order valence-electron chi connectivity index (χ4n) is 2.40. The lowest BCUT2D eigenvalue weighted by atomic mass is 10.1. The standard InChI is InChI=1S/C18H21NO6S/c1-10-11(2)18(23)25-15-8-12(4-5-13(10)15)24-9-16(20)19-14(17(21)22)6-7-26-3/h4-5,8,14H,6-7,9H2,1-3H3,(H,19,20)(H,21,22). The Kier molecular flexibility index (Phi) is 6.68. The van der Waals surface area contributed by atoms with Crippen molar-refractivity contribution in [3.05, 3.63) is 39.7 Å². The second kappa shape index (κ2) is 8.75. The summed E-state index contributed by atoms with van der Waals surface area (Å²) in [7, 11) is 0. The maximum atomic E-state index is 11.9. The van der Waals surface area contributed by atoms with E-state index in [4.69, 9.17) is 14.3 Å². The number of nitrogens with one attached hydrogen (secondary N) is 1. The number of carbonyl (C=O) groups excluding carboxylic acids is 1. The van der Waals surface area contributed by atoms with Gasteiger partial charge in [0, 0.05) is 17.0 Å². The Bertz CT molecular complexity index is 876. The molecule has 1 aromatic carbocycles. The van der Waals surface area contributed by atoms with E-state index in [0.29, 0.717) is 29.1 Å². The molecule has 2 N–H and O–H groups in total. The van der Waals surface area contributed by atoms with Crippen LogP contribution in [0.2, 0.25) is 0 Å². The highest BCUT2D eigenvalue weighted by Gasteiger charge is 2.19. The molecule has 0 fully saturated rings. The molecule has 0 saturated carbocycles. The van der Waals surface area contributed by atoms with Crippen molar-refractivity contribution in [3.8, 4) is 5.75 Å². The molecule has 2 aromatic rings. The molecule has 1 heterocycles. The minimum Gasteiger partial charge on any atom is -0.484 e. The van der Waals surface area contributed by atoms with Gasteiger partial charge in [-0.05, 0) is 50.0 Å². The highest BCUT2D eigenvalue weighted by atomic mass is 32.2. The van der Waals surface area contributed by atoms with Gasteiger partial charge >= 0.3 is 11.6 Å². The lowest BCUT2D eigenvalue weighted by molar-refractivity contribution is -0.142. The monoisotopic (exact) mass is 379 g/mol. The lowest BCUT2D eigenvalue weighted by Gasteiger charge is -2.14. The molecule has 0 bridgehead atoms. The highest BCUT2D eigenvalue weighted by Crippen LogP contribution is 2.23. The molecule has 0 aliphatic carbocycles. The summed E-state index contributed by atoms with van der Waals surface area (Å²) >= 11 is 1.51. The number of hydrogen-bond acceptors (Lipinski definition) is 6. The maximum absolute atomic E-state index is 11.9. The van der Waals surface area contributed by atoms with Crippen LogP contribution >= 0.6 is 11.8 Å². The maximum Gasteiger partial charge on any atom is 0.339 e. The van der Waals surface area contributed by atoms with Gasteiger partial charge in [-0.1, -0.05) is 0 Å². The number of hydrogen-bond donors (Lipinski definition) is 2. The fourth-order valence-corrected chi connectivity index (χ4v) is 2.87. The molecular formula is C18H21NO6S. The molecular weight excluding hydrogens is 358 g/mol. The van der Waals surface area contributed by atoms with Crippen LogP contribution in [0.4, 0.5) is 0 Å². The van der Waals surface area contributed by atoms with Gasteiger partial charge in [-0.3, -0.25) is 4.79 Å². The van der Waals surface area contributed by atoms with Gasteiger partial charge in [0.15, 0.2) is 6.61 Å². The average Bonchev–Trinajstić information content (AvgIpc) is 2.61. The second-order valence-electron chi connectivity index (χ2n) is 5.83. The topological polar surface area (TPSA) is 106 Å². The average molecular weight is 379 g/mol. The summed E-state index contributed by atoms with van der Waals surface area (Å²) < 4.78 is 10.6. The van der Waals surface area contributed by atoms with Crippen molar-refractivity contribution in [2.24, 2.45) is 0 Å². The van der Waals surface area contributed by atoms with E-state index in [1.807, 2.05) is 13.2 Å². The molecule has 7 nitrogen and oxygen atoms in total. The zero-order valence-corrected chi connectivity index (χ0v) is 15.6. The van der Waals surface area contributed by atoms with Crippen molar-refractivity contribution >= 4 is 34.6 Å². The van der Waals surface area contributed by atoms with Gasteiger partial charge in [-0.15, -0.1) is 0 Å². The largest absolute Gasteiger partial charge is 0.484 e. The van der Waals surface area contributed by atoms with Crippen molar-refractivity contribution in [1.29, 1.82) is 0 Å². The Morgan fingerprint density at radius 1 is 1.31 bits per heavy atom. The van der Waals surface area contributed by atoms with Crippen LogP contribution < -0.4 is 15.7 Å². The van der Waals surface area contributed by atoms with E-state index in [1.54, 1.807) is 25.1 Å². The molecule has 0 radical (unpaired) electrons. The van der Waals surface area contributed by atoms with Crippen LogP contribution in [-0.2, 0) is 9.59 Å². The van der Waals surface area contributed by atoms with E-state index in [1.165, 1.54) is 11.8 Å². The van der Waals surface area contributed by atoms with Gasteiger partial charge in [0.1, 0.15) is 17.4 Å². The summed E-state index contributed by atoms with van der Waals surface area (Å²) in [6, 6.07) is 4.02. The van der Waals surface area contributed by atoms with Gasteiger partial charge in [0.2, 0.25) is 0 Å². The normalized spacial score (nSPS) is 12.0. The molecule has 0 saturated heterocycles. The molecule has 1 unspecified atom stereocenters. The van der Waals surface area contributed by atoms with Crippen LogP contribution in [0.25, 0.3) is 11.0 Å².